The molecule has 4 atom stereocenters. The number of Topliss-reactive ketones (excluding diaryl/α,β-unsaturated/α-hetero) is 3. The van der Waals surface area contributed by atoms with E-state index in [0.717, 1.165) is 0 Å². The second-order valence-corrected chi connectivity index (χ2v) is 6.82. The summed E-state index contributed by atoms with van der Waals surface area (Å²) >= 11 is 0. The third-order valence-corrected chi connectivity index (χ3v) is 4.86. The van der Waals surface area contributed by atoms with Gasteiger partial charge in [0.15, 0.2) is 0 Å². The lowest BCUT2D eigenvalue weighted by molar-refractivity contribution is -0.151. The molecule has 0 aromatic heterocycles. The number of methoxy groups -OCH3 is 1. The Morgan fingerprint density at radius 2 is 1.68 bits per heavy atom. The average molecular weight is 346 g/mol. The van der Waals surface area contributed by atoms with Crippen molar-refractivity contribution in [1.29, 1.82) is 0 Å². The first-order chi connectivity index (χ1) is 11.6. The van der Waals surface area contributed by atoms with E-state index in [1.807, 2.05) is 0 Å². The van der Waals surface area contributed by atoms with Gasteiger partial charge in [0.05, 0.1) is 30.1 Å². The lowest BCUT2D eigenvalue weighted by Crippen LogP contribution is -2.53. The molecule has 1 aliphatic rings. The summed E-state index contributed by atoms with van der Waals surface area (Å²) in [5.41, 5.74) is -0.652. The number of hydrogen-bond acceptors (Lipinski definition) is 6. The van der Waals surface area contributed by atoms with Crippen LogP contribution in [0.25, 0.3) is 0 Å². The lowest BCUT2D eigenvalue weighted by atomic mass is 9.60. The Hall–Kier alpha value is -2.34. The Morgan fingerprint density at radius 3 is 2.12 bits per heavy atom. The van der Waals surface area contributed by atoms with Crippen molar-refractivity contribution in [2.45, 2.75) is 38.7 Å². The van der Waals surface area contributed by atoms with Gasteiger partial charge in [-0.05, 0) is 38.5 Å². The maximum absolute atomic E-state index is 12.5. The fourth-order valence-electron chi connectivity index (χ4n) is 3.87. The van der Waals surface area contributed by atoms with Gasteiger partial charge in [-0.3, -0.25) is 14.4 Å². The summed E-state index contributed by atoms with van der Waals surface area (Å²) in [5, 5.41) is 10.7. The molecule has 1 aliphatic carbocycles. The van der Waals surface area contributed by atoms with Crippen molar-refractivity contribution in [2.75, 3.05) is 7.11 Å². The van der Waals surface area contributed by atoms with E-state index < -0.39 is 29.3 Å². The summed E-state index contributed by atoms with van der Waals surface area (Å²) < 4.78 is 4.65. The van der Waals surface area contributed by atoms with Crippen LogP contribution in [0.1, 0.15) is 49.0 Å². The zero-order valence-corrected chi connectivity index (χ0v) is 14.7. The molecule has 0 amide bonds. The fourth-order valence-corrected chi connectivity index (χ4v) is 3.87. The number of esters is 1. The largest absolute Gasteiger partial charge is 0.465 e. The van der Waals surface area contributed by atoms with Gasteiger partial charge in [-0.1, -0.05) is 12.1 Å². The molecule has 0 aliphatic heterocycles. The van der Waals surface area contributed by atoms with Crippen molar-refractivity contribution in [3.8, 4) is 0 Å². The minimum Gasteiger partial charge on any atom is -0.465 e. The van der Waals surface area contributed by atoms with Crippen LogP contribution in [0.5, 0.6) is 0 Å². The van der Waals surface area contributed by atoms with Gasteiger partial charge in [-0.2, -0.15) is 0 Å². The molecule has 1 N–H and O–H groups in total. The maximum Gasteiger partial charge on any atom is 0.337 e. The number of hydrogen-bond donors (Lipinski definition) is 1. The van der Waals surface area contributed by atoms with Crippen LogP contribution in [0.3, 0.4) is 0 Å². The predicted octanol–water partition coefficient (Wildman–Crippen LogP) is 1.69. The molecule has 134 valence electrons. The first-order valence-corrected chi connectivity index (χ1v) is 8.04. The van der Waals surface area contributed by atoms with E-state index in [-0.39, 0.29) is 23.8 Å². The summed E-state index contributed by atoms with van der Waals surface area (Å²) in [6.07, 6.45) is -0.238. The molecular weight excluding hydrogens is 324 g/mol. The van der Waals surface area contributed by atoms with Crippen LogP contribution in [0, 0.1) is 11.8 Å². The summed E-state index contributed by atoms with van der Waals surface area (Å²) in [6.45, 7) is 4.11. The molecule has 1 fully saturated rings. The zero-order valence-electron chi connectivity index (χ0n) is 14.7. The van der Waals surface area contributed by atoms with E-state index in [1.165, 1.54) is 40.0 Å². The molecule has 1 aromatic rings. The summed E-state index contributed by atoms with van der Waals surface area (Å²) in [7, 11) is 1.27. The number of aliphatic hydroxyl groups is 1. The molecule has 0 heterocycles. The Morgan fingerprint density at radius 1 is 1.12 bits per heavy atom. The van der Waals surface area contributed by atoms with Crippen molar-refractivity contribution < 1.29 is 29.0 Å². The van der Waals surface area contributed by atoms with Gasteiger partial charge in [-0.25, -0.2) is 4.79 Å². The van der Waals surface area contributed by atoms with E-state index in [4.69, 9.17) is 0 Å². The van der Waals surface area contributed by atoms with Crippen LogP contribution in [0.4, 0.5) is 0 Å². The minimum atomic E-state index is -1.53. The van der Waals surface area contributed by atoms with Gasteiger partial charge in [0.25, 0.3) is 0 Å². The van der Waals surface area contributed by atoms with E-state index in [2.05, 4.69) is 4.74 Å². The maximum atomic E-state index is 12.5. The third-order valence-electron chi connectivity index (χ3n) is 4.86. The molecule has 6 nitrogen and oxygen atoms in total. The van der Waals surface area contributed by atoms with Crippen molar-refractivity contribution >= 4 is 23.3 Å². The molecule has 2 rings (SSSR count). The summed E-state index contributed by atoms with van der Waals surface area (Å²) in [4.78, 5) is 48.4. The number of ether oxygens (including phenoxy) is 1. The van der Waals surface area contributed by atoms with Crippen LogP contribution in [0.15, 0.2) is 24.3 Å². The Bertz CT molecular complexity index is 716. The number of carbonyl (C=O) groups excluding carboxylic acids is 4. The van der Waals surface area contributed by atoms with E-state index >= 15 is 0 Å². The molecule has 1 aromatic carbocycles. The number of rotatable bonds is 4. The van der Waals surface area contributed by atoms with Crippen molar-refractivity contribution in [2.24, 2.45) is 11.8 Å². The highest BCUT2D eigenvalue weighted by atomic mass is 16.5. The molecule has 0 spiro atoms. The van der Waals surface area contributed by atoms with Crippen LogP contribution in [-0.4, -0.2) is 41.1 Å². The van der Waals surface area contributed by atoms with Crippen molar-refractivity contribution in [1.82, 2.24) is 0 Å². The molecular formula is C19H22O6. The monoisotopic (exact) mass is 346 g/mol. The van der Waals surface area contributed by atoms with Crippen LogP contribution < -0.4 is 0 Å². The summed E-state index contributed by atoms with van der Waals surface area (Å²) in [5.74, 6) is -4.15. The second-order valence-electron chi connectivity index (χ2n) is 6.82. The van der Waals surface area contributed by atoms with Gasteiger partial charge < -0.3 is 9.84 Å². The highest BCUT2D eigenvalue weighted by Crippen LogP contribution is 2.46. The molecule has 0 bridgehead atoms. The Balaban J connectivity index is 2.56. The van der Waals surface area contributed by atoms with E-state index in [9.17, 15) is 24.3 Å². The van der Waals surface area contributed by atoms with E-state index in [0.29, 0.717) is 11.1 Å². The molecule has 0 unspecified atom stereocenters. The fraction of sp³-hybridized carbons (Fsp3) is 0.474. The topological polar surface area (TPSA) is 97.7 Å². The second kappa shape index (κ2) is 6.88. The quantitative estimate of drug-likeness (QED) is 0.658. The Labute approximate surface area is 146 Å². The standard InChI is InChI=1S/C19H22O6/c1-10(20)15-14(22)9-19(3,24)17(11(2)21)16(15)12-5-7-13(8-6-12)18(23)25-4/h5-8,15-17,24H,9H2,1-4H3/t15-,16+,17-,19-/m0/s1. The van der Waals surface area contributed by atoms with E-state index in [1.54, 1.807) is 12.1 Å². The van der Waals surface area contributed by atoms with Gasteiger partial charge in [-0.15, -0.1) is 0 Å². The number of benzene rings is 1. The third kappa shape index (κ3) is 3.54. The van der Waals surface area contributed by atoms with Crippen LogP contribution >= 0.6 is 0 Å². The molecule has 6 heteroatoms. The zero-order chi connectivity index (χ0) is 18.9. The van der Waals surface area contributed by atoms with Gasteiger partial charge in [0.2, 0.25) is 0 Å². The Kier molecular flexibility index (Phi) is 5.23. The first-order valence-electron chi connectivity index (χ1n) is 8.04. The molecule has 0 saturated heterocycles. The lowest BCUT2D eigenvalue weighted by Gasteiger charge is -2.44. The normalized spacial score (nSPS) is 29.2. The van der Waals surface area contributed by atoms with Gasteiger partial charge in [0, 0.05) is 12.3 Å². The molecule has 1 saturated carbocycles. The van der Waals surface area contributed by atoms with Gasteiger partial charge in [0.1, 0.15) is 17.3 Å². The smallest absolute Gasteiger partial charge is 0.337 e. The summed E-state index contributed by atoms with van der Waals surface area (Å²) in [6, 6.07) is 6.22. The minimum absolute atomic E-state index is 0.238. The predicted molar refractivity (Wildman–Crippen MR) is 89.1 cm³/mol. The SMILES string of the molecule is COC(=O)c1ccc([C@@H]2[C@@H](C(C)=O)C(=O)C[C@](C)(O)[C@H]2C(C)=O)cc1. The van der Waals surface area contributed by atoms with Crippen molar-refractivity contribution in [3.63, 3.8) is 0 Å². The van der Waals surface area contributed by atoms with Gasteiger partial charge >= 0.3 is 5.97 Å². The van der Waals surface area contributed by atoms with Crippen LogP contribution in [-0.2, 0) is 19.1 Å². The molecule has 0 radical (unpaired) electrons. The molecule has 25 heavy (non-hydrogen) atoms. The number of carbonyl (C=O) groups is 4. The first kappa shape index (κ1) is 19.0. The average Bonchev–Trinajstić information content (AvgIpc) is 2.51. The highest BCUT2D eigenvalue weighted by Gasteiger charge is 2.53. The van der Waals surface area contributed by atoms with Crippen molar-refractivity contribution in [3.05, 3.63) is 35.4 Å². The number of ketones is 3. The van der Waals surface area contributed by atoms with Crippen LogP contribution in [0.2, 0.25) is 0 Å². The highest BCUT2D eigenvalue weighted by molar-refractivity contribution is 6.05.